The Bertz CT molecular complexity index is 1170. The third kappa shape index (κ3) is 3.82. The third-order valence-corrected chi connectivity index (χ3v) is 6.26. The SMILES string of the molecule is O=C(C(c1ccccc1)c1ccccc1)N1CCc2ccccc2C1c1ccc(F)cc1. The Morgan fingerprint density at radius 2 is 1.31 bits per heavy atom. The number of amides is 1. The average molecular weight is 422 g/mol. The molecule has 1 aliphatic rings. The summed E-state index contributed by atoms with van der Waals surface area (Å²) in [6.45, 7) is 0.619. The van der Waals surface area contributed by atoms with E-state index in [0.717, 1.165) is 28.7 Å². The maximum atomic E-state index is 14.2. The lowest BCUT2D eigenvalue weighted by molar-refractivity contribution is -0.134. The van der Waals surface area contributed by atoms with Gasteiger partial charge in [-0.25, -0.2) is 4.39 Å². The molecule has 0 radical (unpaired) electrons. The summed E-state index contributed by atoms with van der Waals surface area (Å²) in [7, 11) is 0. The highest BCUT2D eigenvalue weighted by Gasteiger charge is 2.36. The lowest BCUT2D eigenvalue weighted by Crippen LogP contribution is -2.43. The smallest absolute Gasteiger partial charge is 0.235 e. The lowest BCUT2D eigenvalue weighted by atomic mass is 9.84. The van der Waals surface area contributed by atoms with Gasteiger partial charge in [0.15, 0.2) is 0 Å². The van der Waals surface area contributed by atoms with Crippen LogP contribution in [-0.4, -0.2) is 17.4 Å². The monoisotopic (exact) mass is 421 g/mol. The number of rotatable bonds is 4. The molecule has 0 N–H and O–H groups in total. The fourth-order valence-corrected chi connectivity index (χ4v) is 4.74. The normalized spacial score (nSPS) is 15.4. The zero-order chi connectivity index (χ0) is 21.9. The van der Waals surface area contributed by atoms with Gasteiger partial charge >= 0.3 is 0 Å². The maximum Gasteiger partial charge on any atom is 0.235 e. The van der Waals surface area contributed by atoms with Gasteiger partial charge in [-0.3, -0.25) is 4.79 Å². The van der Waals surface area contributed by atoms with E-state index < -0.39 is 5.92 Å². The molecule has 0 bridgehead atoms. The molecule has 2 nitrogen and oxygen atoms in total. The summed E-state index contributed by atoms with van der Waals surface area (Å²) in [6, 6.07) is 34.4. The Kier molecular flexibility index (Phi) is 5.55. The molecule has 0 aromatic heterocycles. The van der Waals surface area contributed by atoms with E-state index in [1.807, 2.05) is 77.7 Å². The second kappa shape index (κ2) is 8.80. The molecule has 0 saturated carbocycles. The number of carbonyl (C=O) groups is 1. The Morgan fingerprint density at radius 3 is 1.94 bits per heavy atom. The van der Waals surface area contributed by atoms with Gasteiger partial charge in [-0.2, -0.15) is 0 Å². The summed E-state index contributed by atoms with van der Waals surface area (Å²) in [5.74, 6) is -0.612. The second-order valence-corrected chi connectivity index (χ2v) is 8.19. The van der Waals surface area contributed by atoms with E-state index >= 15 is 0 Å². The van der Waals surface area contributed by atoms with E-state index in [1.165, 1.54) is 17.7 Å². The first kappa shape index (κ1) is 20.2. The molecule has 1 heterocycles. The standard InChI is InChI=1S/C29H24FNO/c30-25-17-15-24(16-18-25)28-26-14-8-7-9-21(26)19-20-31(28)29(32)27(22-10-3-1-4-11-22)23-12-5-2-6-13-23/h1-18,27-28H,19-20H2. The molecule has 0 fully saturated rings. The fourth-order valence-electron chi connectivity index (χ4n) is 4.74. The summed E-state index contributed by atoms with van der Waals surface area (Å²) < 4.78 is 13.7. The van der Waals surface area contributed by atoms with Gasteiger partial charge < -0.3 is 4.90 Å². The van der Waals surface area contributed by atoms with Crippen LogP contribution in [0.15, 0.2) is 109 Å². The molecular formula is C29H24FNO. The molecule has 5 rings (SSSR count). The molecule has 0 aliphatic carbocycles. The largest absolute Gasteiger partial charge is 0.330 e. The van der Waals surface area contributed by atoms with Gasteiger partial charge in [0.2, 0.25) is 5.91 Å². The van der Waals surface area contributed by atoms with Gasteiger partial charge in [-0.15, -0.1) is 0 Å². The van der Waals surface area contributed by atoms with Crippen LogP contribution in [0.25, 0.3) is 0 Å². The van der Waals surface area contributed by atoms with Crippen LogP contribution in [-0.2, 0) is 11.2 Å². The Labute approximate surface area is 188 Å². The molecule has 32 heavy (non-hydrogen) atoms. The van der Waals surface area contributed by atoms with Gasteiger partial charge in [0.05, 0.1) is 12.0 Å². The number of hydrogen-bond donors (Lipinski definition) is 0. The van der Waals surface area contributed by atoms with Crippen LogP contribution in [0.4, 0.5) is 4.39 Å². The number of halogens is 1. The van der Waals surface area contributed by atoms with Gasteiger partial charge in [0.25, 0.3) is 0 Å². The van der Waals surface area contributed by atoms with E-state index in [-0.39, 0.29) is 17.8 Å². The quantitative estimate of drug-likeness (QED) is 0.388. The van der Waals surface area contributed by atoms with Crippen molar-refractivity contribution in [1.82, 2.24) is 4.90 Å². The molecule has 3 heteroatoms. The molecular weight excluding hydrogens is 397 g/mol. The third-order valence-electron chi connectivity index (χ3n) is 6.26. The first-order valence-corrected chi connectivity index (χ1v) is 11.0. The molecule has 1 amide bonds. The van der Waals surface area contributed by atoms with E-state index in [9.17, 15) is 9.18 Å². The van der Waals surface area contributed by atoms with E-state index in [2.05, 4.69) is 12.1 Å². The van der Waals surface area contributed by atoms with Crippen LogP contribution in [0.1, 0.15) is 39.8 Å². The topological polar surface area (TPSA) is 20.3 Å². The number of hydrogen-bond acceptors (Lipinski definition) is 1. The van der Waals surface area contributed by atoms with Crippen molar-refractivity contribution in [3.63, 3.8) is 0 Å². The van der Waals surface area contributed by atoms with Crippen LogP contribution in [0, 0.1) is 5.82 Å². The van der Waals surface area contributed by atoms with Crippen molar-refractivity contribution in [2.45, 2.75) is 18.4 Å². The van der Waals surface area contributed by atoms with Crippen molar-refractivity contribution in [3.05, 3.63) is 143 Å². The Morgan fingerprint density at radius 1 is 0.750 bits per heavy atom. The first-order chi connectivity index (χ1) is 15.7. The zero-order valence-corrected chi connectivity index (χ0v) is 17.7. The number of carbonyl (C=O) groups excluding carboxylic acids is 1. The molecule has 1 aliphatic heterocycles. The highest BCUT2D eigenvalue weighted by atomic mass is 19.1. The first-order valence-electron chi connectivity index (χ1n) is 11.0. The lowest BCUT2D eigenvalue weighted by Gasteiger charge is -2.39. The van der Waals surface area contributed by atoms with Crippen molar-refractivity contribution >= 4 is 5.91 Å². The molecule has 0 spiro atoms. The molecule has 0 saturated heterocycles. The molecule has 158 valence electrons. The number of benzene rings is 4. The highest BCUT2D eigenvalue weighted by molar-refractivity contribution is 5.88. The average Bonchev–Trinajstić information content (AvgIpc) is 2.85. The Hall–Kier alpha value is -3.72. The highest BCUT2D eigenvalue weighted by Crippen LogP contribution is 2.38. The molecule has 1 atom stereocenters. The van der Waals surface area contributed by atoms with Gasteiger partial charge in [-0.05, 0) is 46.4 Å². The summed E-state index contributed by atoms with van der Waals surface area (Å²) in [5, 5.41) is 0. The molecule has 1 unspecified atom stereocenters. The fraction of sp³-hybridized carbons (Fsp3) is 0.138. The summed E-state index contributed by atoms with van der Waals surface area (Å²) in [4.78, 5) is 16.2. The van der Waals surface area contributed by atoms with Crippen LogP contribution in [0.2, 0.25) is 0 Å². The van der Waals surface area contributed by atoms with E-state index in [1.54, 1.807) is 12.1 Å². The van der Waals surface area contributed by atoms with Crippen LogP contribution in [0.3, 0.4) is 0 Å². The zero-order valence-electron chi connectivity index (χ0n) is 17.7. The summed E-state index contributed by atoms with van der Waals surface area (Å²) >= 11 is 0. The van der Waals surface area contributed by atoms with Crippen molar-refractivity contribution in [2.24, 2.45) is 0 Å². The number of nitrogens with zero attached hydrogens (tertiary/aromatic N) is 1. The van der Waals surface area contributed by atoms with Gasteiger partial charge in [0.1, 0.15) is 5.82 Å². The predicted octanol–water partition coefficient (Wildman–Crippen LogP) is 6.13. The van der Waals surface area contributed by atoms with Crippen molar-refractivity contribution in [2.75, 3.05) is 6.54 Å². The van der Waals surface area contributed by atoms with Crippen molar-refractivity contribution in [3.8, 4) is 0 Å². The second-order valence-electron chi connectivity index (χ2n) is 8.19. The minimum Gasteiger partial charge on any atom is -0.330 e. The number of fused-ring (bicyclic) bond motifs is 1. The van der Waals surface area contributed by atoms with Crippen molar-refractivity contribution in [1.29, 1.82) is 0 Å². The van der Waals surface area contributed by atoms with Crippen LogP contribution >= 0.6 is 0 Å². The van der Waals surface area contributed by atoms with Gasteiger partial charge in [-0.1, -0.05) is 97.1 Å². The predicted molar refractivity (Wildman–Crippen MR) is 125 cm³/mol. The minimum atomic E-state index is -0.398. The summed E-state index contributed by atoms with van der Waals surface area (Å²) in [6.07, 6.45) is 0.801. The molecule has 4 aromatic rings. The van der Waals surface area contributed by atoms with Crippen LogP contribution in [0.5, 0.6) is 0 Å². The van der Waals surface area contributed by atoms with Crippen LogP contribution < -0.4 is 0 Å². The maximum absolute atomic E-state index is 14.2. The van der Waals surface area contributed by atoms with E-state index in [4.69, 9.17) is 0 Å². The minimum absolute atomic E-state index is 0.0613. The molecule has 4 aromatic carbocycles. The Balaban J connectivity index is 1.62. The van der Waals surface area contributed by atoms with Crippen molar-refractivity contribution < 1.29 is 9.18 Å². The van der Waals surface area contributed by atoms with Gasteiger partial charge in [0, 0.05) is 6.54 Å². The van der Waals surface area contributed by atoms with E-state index in [0.29, 0.717) is 6.54 Å². The summed E-state index contributed by atoms with van der Waals surface area (Å²) in [5.41, 5.74) is 5.22.